The fraction of sp³-hybridized carbons (Fsp3) is 1.00. The quantitative estimate of drug-likeness (QED) is 0.396. The fourth-order valence-corrected chi connectivity index (χ4v) is 8.16. The van der Waals surface area contributed by atoms with Crippen LogP contribution in [0.4, 0.5) is 0 Å². The number of rotatable bonds is 1. The van der Waals surface area contributed by atoms with Gasteiger partial charge in [-0.05, 0) is 23.8 Å². The van der Waals surface area contributed by atoms with Crippen molar-refractivity contribution in [3.8, 4) is 0 Å². The van der Waals surface area contributed by atoms with Gasteiger partial charge < -0.3 is 0 Å². The van der Waals surface area contributed by atoms with E-state index in [9.17, 15) is 0 Å². The van der Waals surface area contributed by atoms with Crippen LogP contribution in [0.15, 0.2) is 0 Å². The van der Waals surface area contributed by atoms with Crippen LogP contribution in [0.5, 0.6) is 0 Å². The van der Waals surface area contributed by atoms with Crippen molar-refractivity contribution in [1.29, 1.82) is 0 Å². The first-order valence-corrected chi connectivity index (χ1v) is 8.93. The second-order valence-electron chi connectivity index (χ2n) is 2.90. The third-order valence-electron chi connectivity index (χ3n) is 2.16. The van der Waals surface area contributed by atoms with Crippen LogP contribution >= 0.6 is 27.9 Å². The summed E-state index contributed by atoms with van der Waals surface area (Å²) in [6, 6.07) is 4.20. The first kappa shape index (κ1) is 8.15. The second kappa shape index (κ2) is 2.97. The molecule has 1 saturated heterocycles. The zero-order chi connectivity index (χ0) is 6.91. The first-order valence-electron chi connectivity index (χ1n) is 3.53. The summed E-state index contributed by atoms with van der Waals surface area (Å²) >= 11 is 8.34. The van der Waals surface area contributed by atoms with E-state index in [-0.39, 0.29) is 0 Å². The van der Waals surface area contributed by atoms with E-state index in [1.807, 2.05) is 0 Å². The van der Waals surface area contributed by atoms with Gasteiger partial charge in [-0.1, -0.05) is 13.0 Å². The lowest BCUT2D eigenvalue weighted by molar-refractivity contribution is 0.963. The van der Waals surface area contributed by atoms with Gasteiger partial charge in [0, 0.05) is 0 Å². The molecule has 54 valence electrons. The summed E-state index contributed by atoms with van der Waals surface area (Å²) < 4.78 is 0. The average molecular weight is 225 g/mol. The molecule has 0 nitrogen and oxygen atoms in total. The summed E-state index contributed by atoms with van der Waals surface area (Å²) in [4.78, 5) is 0. The summed E-state index contributed by atoms with van der Waals surface area (Å²) in [5.41, 5.74) is 0. The van der Waals surface area contributed by atoms with Gasteiger partial charge >= 0.3 is 0 Å². The van der Waals surface area contributed by atoms with Crippen molar-refractivity contribution in [3.05, 3.63) is 0 Å². The van der Waals surface area contributed by atoms with Crippen LogP contribution in [0.25, 0.3) is 0 Å². The number of thiol groups is 1. The van der Waals surface area contributed by atoms with E-state index in [2.05, 4.69) is 34.8 Å². The van der Waals surface area contributed by atoms with E-state index >= 15 is 0 Å². The van der Waals surface area contributed by atoms with Crippen LogP contribution < -0.4 is 0 Å². The predicted molar refractivity (Wildman–Crippen MR) is 52.2 cm³/mol. The Bertz CT molecular complexity index is 109. The SMILES string of the molecule is CC[Si]1(Br)CCC(S)C1. The van der Waals surface area contributed by atoms with Gasteiger partial charge in [0.25, 0.3) is 0 Å². The van der Waals surface area contributed by atoms with Crippen LogP contribution in [-0.4, -0.2) is 11.9 Å². The Morgan fingerprint density at radius 2 is 2.44 bits per heavy atom. The molecule has 2 unspecified atom stereocenters. The molecule has 1 fully saturated rings. The van der Waals surface area contributed by atoms with Crippen molar-refractivity contribution in [3.63, 3.8) is 0 Å². The van der Waals surface area contributed by atoms with Crippen LogP contribution in [0.3, 0.4) is 0 Å². The van der Waals surface area contributed by atoms with Crippen LogP contribution in [-0.2, 0) is 0 Å². The minimum Gasteiger partial charge on any atom is -0.176 e. The maximum absolute atomic E-state index is 4.46. The summed E-state index contributed by atoms with van der Waals surface area (Å²) in [6.45, 7) is 1.41. The molecule has 0 bridgehead atoms. The van der Waals surface area contributed by atoms with Crippen molar-refractivity contribution in [2.24, 2.45) is 0 Å². The molecule has 1 aliphatic rings. The van der Waals surface area contributed by atoms with Crippen molar-refractivity contribution in [2.45, 2.75) is 36.7 Å². The van der Waals surface area contributed by atoms with E-state index in [1.165, 1.54) is 24.6 Å². The normalized spacial score (nSPS) is 43.7. The molecule has 0 aromatic carbocycles. The average Bonchev–Trinajstić information content (AvgIpc) is 2.13. The van der Waals surface area contributed by atoms with E-state index in [4.69, 9.17) is 0 Å². The minimum absolute atomic E-state index is 0.705. The highest BCUT2D eigenvalue weighted by molar-refractivity contribution is 9.26. The third kappa shape index (κ3) is 1.98. The van der Waals surface area contributed by atoms with Crippen molar-refractivity contribution in [2.75, 3.05) is 0 Å². The molecule has 0 amide bonds. The highest BCUT2D eigenvalue weighted by Gasteiger charge is 2.35. The standard InChI is InChI=1S/C6H13BrSSi/c1-2-9(7)4-3-6(8)5-9/h6,8H,2-5H2,1H3. The first-order chi connectivity index (χ1) is 4.16. The van der Waals surface area contributed by atoms with Crippen molar-refractivity contribution >= 4 is 34.6 Å². The zero-order valence-corrected chi connectivity index (χ0v) is 9.21. The fourth-order valence-electron chi connectivity index (χ4n) is 1.37. The van der Waals surface area contributed by atoms with Gasteiger partial charge in [-0.3, -0.25) is 0 Å². The Kier molecular flexibility index (Phi) is 2.69. The highest BCUT2D eigenvalue weighted by Crippen LogP contribution is 2.40. The number of halogens is 1. The molecular formula is C6H13BrSSi. The molecule has 0 aromatic heterocycles. The lowest BCUT2D eigenvalue weighted by Gasteiger charge is -2.14. The molecule has 0 N–H and O–H groups in total. The molecule has 2 atom stereocenters. The lowest BCUT2D eigenvalue weighted by atomic mass is 10.4. The minimum atomic E-state index is -0.887. The number of hydrogen-bond donors (Lipinski definition) is 1. The van der Waals surface area contributed by atoms with Gasteiger partial charge in [0.2, 0.25) is 0 Å². The molecule has 0 aliphatic carbocycles. The van der Waals surface area contributed by atoms with E-state index in [0.717, 1.165) is 0 Å². The van der Waals surface area contributed by atoms with Crippen molar-refractivity contribution in [1.82, 2.24) is 0 Å². The van der Waals surface area contributed by atoms with Gasteiger partial charge in [0.05, 0.1) is 0 Å². The van der Waals surface area contributed by atoms with E-state index in [1.54, 1.807) is 0 Å². The highest BCUT2D eigenvalue weighted by atomic mass is 79.9. The zero-order valence-electron chi connectivity index (χ0n) is 5.73. The lowest BCUT2D eigenvalue weighted by Crippen LogP contribution is -2.19. The van der Waals surface area contributed by atoms with Crippen LogP contribution in [0.2, 0.25) is 18.1 Å². The molecule has 0 radical (unpaired) electrons. The summed E-state index contributed by atoms with van der Waals surface area (Å²) in [6.07, 6.45) is 1.34. The summed E-state index contributed by atoms with van der Waals surface area (Å²) in [7, 11) is 0. The molecule has 9 heavy (non-hydrogen) atoms. The largest absolute Gasteiger partial charge is 0.176 e. The topological polar surface area (TPSA) is 0 Å². The smallest absolute Gasteiger partial charge is 0.131 e. The maximum Gasteiger partial charge on any atom is 0.131 e. The van der Waals surface area contributed by atoms with Gasteiger partial charge in [0.1, 0.15) is 6.69 Å². The summed E-state index contributed by atoms with van der Waals surface area (Å²) in [5, 5.41) is 0.705. The monoisotopic (exact) mass is 224 g/mol. The van der Waals surface area contributed by atoms with Crippen LogP contribution in [0, 0.1) is 0 Å². The molecule has 3 heteroatoms. The summed E-state index contributed by atoms with van der Waals surface area (Å²) in [5.74, 6) is 0. The third-order valence-corrected chi connectivity index (χ3v) is 10.5. The Morgan fingerprint density at radius 3 is 2.67 bits per heavy atom. The van der Waals surface area contributed by atoms with Gasteiger partial charge in [-0.25, -0.2) is 0 Å². The Labute approximate surface area is 71.4 Å². The molecule has 1 rings (SSSR count). The maximum atomic E-state index is 4.46. The molecule has 1 aliphatic heterocycles. The number of hydrogen-bond acceptors (Lipinski definition) is 1. The molecule has 0 spiro atoms. The predicted octanol–water partition coefficient (Wildman–Crippen LogP) is 3.05. The molecule has 1 heterocycles. The Balaban J connectivity index is 2.45. The second-order valence-corrected chi connectivity index (χ2v) is 12.6. The van der Waals surface area contributed by atoms with E-state index < -0.39 is 6.69 Å². The van der Waals surface area contributed by atoms with Crippen molar-refractivity contribution < 1.29 is 0 Å². The van der Waals surface area contributed by atoms with Gasteiger partial charge in [0.15, 0.2) is 0 Å². The van der Waals surface area contributed by atoms with E-state index in [0.29, 0.717) is 5.25 Å². The van der Waals surface area contributed by atoms with Crippen LogP contribution in [0.1, 0.15) is 13.3 Å². The Hall–Kier alpha value is 1.05. The van der Waals surface area contributed by atoms with Gasteiger partial charge in [-0.2, -0.15) is 12.6 Å². The Morgan fingerprint density at radius 1 is 1.78 bits per heavy atom. The molecule has 0 saturated carbocycles. The molecule has 0 aromatic rings. The molecular weight excluding hydrogens is 212 g/mol. The van der Waals surface area contributed by atoms with Gasteiger partial charge in [-0.15, -0.1) is 15.3 Å².